The highest BCUT2D eigenvalue weighted by atomic mass is 16.8. The van der Waals surface area contributed by atoms with Crippen molar-refractivity contribution in [2.45, 2.75) is 264 Å². The van der Waals surface area contributed by atoms with Crippen molar-refractivity contribution >= 4 is 0 Å². The lowest BCUT2D eigenvalue weighted by molar-refractivity contribution is -0.396. The van der Waals surface area contributed by atoms with Gasteiger partial charge in [0.15, 0.2) is 37.2 Å². The summed E-state index contributed by atoms with van der Waals surface area (Å²) >= 11 is 0. The summed E-state index contributed by atoms with van der Waals surface area (Å²) in [6, 6.07) is 0. The summed E-state index contributed by atoms with van der Waals surface area (Å²) in [5.74, 6) is 0.561. The second kappa shape index (κ2) is 26.9. The Kier molecular flexibility index (Phi) is 21.1. The lowest BCUT2D eigenvalue weighted by Crippen LogP contribution is -2.68. The van der Waals surface area contributed by atoms with Crippen molar-refractivity contribution in [3.05, 3.63) is 11.6 Å². The third-order valence-electron chi connectivity index (χ3n) is 21.9. The third kappa shape index (κ3) is 12.2. The number of hydrogen-bond acceptors (Lipinski definition) is 28. The summed E-state index contributed by atoms with van der Waals surface area (Å²) in [4.78, 5) is 0. The van der Waals surface area contributed by atoms with Crippen molar-refractivity contribution in [2.24, 2.45) is 46.3 Å². The Morgan fingerprint density at radius 2 is 1.10 bits per heavy atom. The van der Waals surface area contributed by atoms with Crippen LogP contribution in [0.25, 0.3) is 0 Å². The number of aliphatic hydroxyl groups excluding tert-OH is 16. The molecule has 10 aliphatic rings. The first-order chi connectivity index (χ1) is 40.8. The van der Waals surface area contributed by atoms with Gasteiger partial charge in [-0.25, -0.2) is 0 Å². The second-order valence-corrected chi connectivity index (χ2v) is 26.8. The van der Waals surface area contributed by atoms with Crippen LogP contribution in [0, 0.1) is 46.3 Å². The van der Waals surface area contributed by atoms with Gasteiger partial charge in [0.1, 0.15) is 116 Å². The first-order valence-electron chi connectivity index (χ1n) is 30.8. The molecular formula is C58H96O28. The van der Waals surface area contributed by atoms with Gasteiger partial charge in [0.25, 0.3) is 0 Å². The lowest BCUT2D eigenvalue weighted by atomic mass is 9.47. The van der Waals surface area contributed by atoms with E-state index in [0.717, 1.165) is 32.1 Å². The van der Waals surface area contributed by atoms with E-state index in [-0.39, 0.29) is 41.3 Å². The number of allylic oxidation sites excluding steroid dienone is 1. The Labute approximate surface area is 499 Å². The summed E-state index contributed by atoms with van der Waals surface area (Å²) in [5, 5.41) is 171. The minimum Gasteiger partial charge on any atom is -0.394 e. The standard InChI is InChI=1S/C58H96O28/c1-22(21-76-51-43(70)41(68)37(64)31(17-59)79-51)9-14-58(75-6)23(2)35-30(86-58)16-29-27-8-7-25-15-26(10-12-56(25,4)28(27)11-13-57(29,35)5)78-55-50(85-52-44(71)40(67)36(63)24(3)77-52)46(73)48(34(20-62)82-55)83-54-47(74)49(39(66)33(19-61)81-54)84-53-45(72)42(69)38(65)32(18-60)80-53/h7,22-24,26-55,59-74H,8-21H2,1-6H3/t22-,23+,24+,26+,27-,28+,29+,30+,31-,32-,33-,34-,35+,36+,37-,38-,39-,40-,41+,42+,43-,44-,45-,46+,47-,48-,49+,50-,51-,52+,53+,54+,55-,56+,57+,58-/m1/s1. The Balaban J connectivity index is 0.808. The predicted molar refractivity (Wildman–Crippen MR) is 288 cm³/mol. The molecular weight excluding hydrogens is 1140 g/mol. The number of aliphatic hydroxyl groups is 16. The minimum absolute atomic E-state index is 0.0197. The topological polar surface area (TPSA) is 434 Å². The molecule has 6 aliphatic heterocycles. The molecule has 0 aromatic heterocycles. The predicted octanol–water partition coefficient (Wildman–Crippen LogP) is -4.53. The maximum absolute atomic E-state index is 12.4. The van der Waals surface area contributed by atoms with Crippen LogP contribution in [0.5, 0.6) is 0 Å². The zero-order valence-electron chi connectivity index (χ0n) is 49.6. The molecule has 496 valence electrons. The number of ether oxygens (including phenoxy) is 12. The van der Waals surface area contributed by atoms with Gasteiger partial charge in [0.05, 0.1) is 51.3 Å². The fourth-order valence-corrected chi connectivity index (χ4v) is 16.8. The van der Waals surface area contributed by atoms with Crippen LogP contribution >= 0.6 is 0 Å². The molecule has 28 heteroatoms. The van der Waals surface area contributed by atoms with Crippen LogP contribution in [-0.2, 0) is 56.8 Å². The van der Waals surface area contributed by atoms with E-state index >= 15 is 0 Å². The van der Waals surface area contributed by atoms with Gasteiger partial charge in [-0.2, -0.15) is 0 Å². The van der Waals surface area contributed by atoms with Crippen LogP contribution in [0.15, 0.2) is 11.6 Å². The smallest absolute Gasteiger partial charge is 0.187 e. The van der Waals surface area contributed by atoms with Crippen molar-refractivity contribution in [3.8, 4) is 0 Å². The monoisotopic (exact) mass is 1240 g/mol. The van der Waals surface area contributed by atoms with Gasteiger partial charge in [0, 0.05) is 19.4 Å². The third-order valence-corrected chi connectivity index (χ3v) is 21.9. The average molecular weight is 1240 g/mol. The highest BCUT2D eigenvalue weighted by molar-refractivity contribution is 5.26. The zero-order valence-corrected chi connectivity index (χ0v) is 49.6. The summed E-state index contributed by atoms with van der Waals surface area (Å²) in [6.45, 7) is 7.58. The van der Waals surface area contributed by atoms with E-state index < -0.39 is 192 Å². The molecule has 0 aromatic carbocycles. The van der Waals surface area contributed by atoms with E-state index in [9.17, 15) is 81.7 Å². The molecule has 0 radical (unpaired) electrons. The maximum Gasteiger partial charge on any atom is 0.187 e. The fourth-order valence-electron chi connectivity index (χ4n) is 16.8. The van der Waals surface area contributed by atoms with Crippen molar-refractivity contribution < 1.29 is 139 Å². The van der Waals surface area contributed by atoms with E-state index in [1.807, 2.05) is 6.92 Å². The average Bonchev–Trinajstić information content (AvgIpc) is 1.50. The van der Waals surface area contributed by atoms with Crippen LogP contribution in [0.3, 0.4) is 0 Å². The maximum atomic E-state index is 12.4. The van der Waals surface area contributed by atoms with E-state index in [1.165, 1.54) is 12.5 Å². The molecule has 9 fully saturated rings. The highest BCUT2D eigenvalue weighted by Gasteiger charge is 2.69. The van der Waals surface area contributed by atoms with Gasteiger partial charge in [-0.05, 0) is 98.7 Å². The van der Waals surface area contributed by atoms with Gasteiger partial charge in [-0.1, -0.05) is 39.3 Å². The van der Waals surface area contributed by atoms with Gasteiger partial charge >= 0.3 is 0 Å². The molecule has 6 heterocycles. The van der Waals surface area contributed by atoms with Gasteiger partial charge < -0.3 is 139 Å². The van der Waals surface area contributed by atoms with E-state index in [4.69, 9.17) is 56.8 Å². The van der Waals surface area contributed by atoms with Crippen LogP contribution in [0.2, 0.25) is 0 Å². The Bertz CT molecular complexity index is 2250. The Morgan fingerprint density at radius 3 is 1.73 bits per heavy atom. The van der Waals surface area contributed by atoms with Crippen molar-refractivity contribution in [3.63, 3.8) is 0 Å². The van der Waals surface area contributed by atoms with Crippen molar-refractivity contribution in [1.82, 2.24) is 0 Å². The van der Waals surface area contributed by atoms with Crippen LogP contribution < -0.4 is 0 Å². The van der Waals surface area contributed by atoms with Crippen molar-refractivity contribution in [2.75, 3.05) is 40.1 Å². The SMILES string of the molecule is CO[C@]1(CC[C@@H](C)CO[C@@H]2O[C@H](CO)[C@@H](O)[C@H](O)[C@H]2O)O[C@H]2C[C@H]3[C@@H]4CC=C5C[C@@H](O[C@@H]6O[C@H](CO)[C@@H](O[C@@H]7O[C@H](CO)[C@@H](O)[C@H](O[C@@H]8O[C@H](CO)[C@@H](O)[C@H](O)[C@H]8O)[C@H]7O)[C@H](O)[C@H]6O[C@@H]6O[C@@H](C)[C@H](O)[C@@H](O)[C@H]6O)CC[C@]5(C)[C@H]4CC[C@]3(C)[C@H]2[C@@H]1C. The first kappa shape index (κ1) is 67.5. The molecule has 3 saturated carbocycles. The molecule has 0 amide bonds. The van der Waals surface area contributed by atoms with Crippen LogP contribution in [0.1, 0.15) is 92.4 Å². The first-order valence-corrected chi connectivity index (χ1v) is 30.8. The van der Waals surface area contributed by atoms with Gasteiger partial charge in [0.2, 0.25) is 0 Å². The number of fused-ring (bicyclic) bond motifs is 7. The fraction of sp³-hybridized carbons (Fsp3) is 0.966. The molecule has 0 bridgehead atoms. The van der Waals surface area contributed by atoms with Gasteiger partial charge in [-0.3, -0.25) is 0 Å². The number of rotatable bonds is 19. The minimum atomic E-state index is -2.03. The van der Waals surface area contributed by atoms with Crippen molar-refractivity contribution in [1.29, 1.82) is 0 Å². The van der Waals surface area contributed by atoms with E-state index in [2.05, 4.69) is 26.8 Å². The number of methoxy groups -OCH3 is 1. The number of hydrogen-bond donors (Lipinski definition) is 16. The summed E-state index contributed by atoms with van der Waals surface area (Å²) < 4.78 is 73.2. The summed E-state index contributed by atoms with van der Waals surface area (Å²) in [5.41, 5.74) is 1.00. The van der Waals surface area contributed by atoms with Crippen LogP contribution in [0.4, 0.5) is 0 Å². The van der Waals surface area contributed by atoms with E-state index in [0.29, 0.717) is 43.4 Å². The van der Waals surface area contributed by atoms with E-state index in [1.54, 1.807) is 7.11 Å². The second-order valence-electron chi connectivity index (χ2n) is 26.8. The lowest BCUT2D eigenvalue weighted by Gasteiger charge is -2.58. The molecule has 0 spiro atoms. The normalized spacial score (nSPS) is 54.3. The van der Waals surface area contributed by atoms with Gasteiger partial charge in [-0.15, -0.1) is 0 Å². The summed E-state index contributed by atoms with van der Waals surface area (Å²) in [7, 11) is 1.70. The summed E-state index contributed by atoms with van der Waals surface area (Å²) in [6.07, 6.45) is -32.3. The molecule has 0 unspecified atom stereocenters. The Morgan fingerprint density at radius 1 is 0.558 bits per heavy atom. The Hall–Kier alpha value is -1.38. The molecule has 4 aliphatic carbocycles. The highest BCUT2D eigenvalue weighted by Crippen LogP contribution is 2.70. The molecule has 28 nitrogen and oxygen atoms in total. The zero-order chi connectivity index (χ0) is 62.2. The molecule has 10 rings (SSSR count). The molecule has 16 N–H and O–H groups in total. The molecule has 86 heavy (non-hydrogen) atoms. The largest absolute Gasteiger partial charge is 0.394 e. The quantitative estimate of drug-likeness (QED) is 0.0542. The van der Waals surface area contributed by atoms with Crippen LogP contribution in [-0.4, -0.2) is 293 Å². The molecule has 6 saturated heterocycles. The molecule has 36 atom stereocenters. The molecule has 0 aromatic rings.